The zero-order valence-corrected chi connectivity index (χ0v) is 9.74. The first-order valence-corrected chi connectivity index (χ1v) is 5.79. The third-order valence-electron chi connectivity index (χ3n) is 2.21. The largest absolute Gasteiger partial charge is 0.397 e. The van der Waals surface area contributed by atoms with E-state index in [-0.39, 0.29) is 0 Å². The average molecular weight is 263 g/mol. The van der Waals surface area contributed by atoms with Gasteiger partial charge in [-0.3, -0.25) is 4.98 Å². The van der Waals surface area contributed by atoms with Crippen LogP contribution in [0.4, 0.5) is 5.69 Å². The molecular weight excluding hydrogens is 252 g/mol. The van der Waals surface area contributed by atoms with Crippen molar-refractivity contribution in [1.82, 2.24) is 4.98 Å². The maximum atomic E-state index is 5.90. The third kappa shape index (κ3) is 2.18. The Kier molecular flexibility index (Phi) is 3.02. The van der Waals surface area contributed by atoms with E-state index in [9.17, 15) is 0 Å². The average Bonchev–Trinajstić information content (AvgIpc) is 2.31. The Hall–Kier alpha value is -1.35. The fraction of sp³-hybridized carbons (Fsp3) is 0.0833. The number of alkyl halides is 1. The summed E-state index contributed by atoms with van der Waals surface area (Å²) in [6.07, 6.45) is 1.71. The quantitative estimate of drug-likeness (QED) is 0.845. The van der Waals surface area contributed by atoms with Crippen molar-refractivity contribution in [3.8, 4) is 11.1 Å². The number of rotatable bonds is 2. The van der Waals surface area contributed by atoms with Gasteiger partial charge in [-0.2, -0.15) is 0 Å². The van der Waals surface area contributed by atoms with Crippen molar-refractivity contribution >= 4 is 21.6 Å². The second kappa shape index (κ2) is 4.45. The normalized spacial score (nSPS) is 10.2. The van der Waals surface area contributed by atoms with E-state index in [0.717, 1.165) is 22.2 Å². The summed E-state index contributed by atoms with van der Waals surface area (Å²) in [5, 5.41) is 0.743. The molecule has 0 atom stereocenters. The molecule has 76 valence electrons. The van der Waals surface area contributed by atoms with Crippen LogP contribution in [0.2, 0.25) is 0 Å². The molecule has 2 rings (SSSR count). The number of halogens is 1. The molecule has 0 aliphatic carbocycles. The van der Waals surface area contributed by atoms with Crippen LogP contribution in [-0.2, 0) is 5.33 Å². The van der Waals surface area contributed by atoms with Gasteiger partial charge in [-0.25, -0.2) is 0 Å². The van der Waals surface area contributed by atoms with Crippen LogP contribution in [-0.4, -0.2) is 4.98 Å². The lowest BCUT2D eigenvalue weighted by molar-refractivity contribution is 1.19. The summed E-state index contributed by atoms with van der Waals surface area (Å²) >= 11 is 3.39. The predicted molar refractivity (Wildman–Crippen MR) is 66.7 cm³/mol. The van der Waals surface area contributed by atoms with Gasteiger partial charge >= 0.3 is 0 Å². The van der Waals surface area contributed by atoms with Crippen LogP contribution in [0, 0.1) is 0 Å². The summed E-state index contributed by atoms with van der Waals surface area (Å²) in [5.41, 5.74) is 9.77. The van der Waals surface area contributed by atoms with Crippen LogP contribution in [0.5, 0.6) is 0 Å². The number of pyridine rings is 1. The van der Waals surface area contributed by atoms with E-state index in [1.165, 1.54) is 0 Å². The lowest BCUT2D eigenvalue weighted by Crippen LogP contribution is -1.94. The highest BCUT2D eigenvalue weighted by atomic mass is 79.9. The first-order chi connectivity index (χ1) is 7.31. The highest BCUT2D eigenvalue weighted by Gasteiger charge is 2.03. The number of nitrogens with two attached hydrogens (primary N) is 1. The van der Waals surface area contributed by atoms with Gasteiger partial charge in [-0.15, -0.1) is 0 Å². The monoisotopic (exact) mass is 262 g/mol. The number of anilines is 1. The molecule has 1 aromatic carbocycles. The fourth-order valence-corrected chi connectivity index (χ4v) is 1.76. The zero-order valence-electron chi connectivity index (χ0n) is 8.15. The van der Waals surface area contributed by atoms with Crippen LogP contribution < -0.4 is 5.73 Å². The van der Waals surface area contributed by atoms with Crippen LogP contribution in [0.3, 0.4) is 0 Å². The van der Waals surface area contributed by atoms with E-state index in [1.54, 1.807) is 6.20 Å². The number of nitrogens with zero attached hydrogens (tertiary/aromatic N) is 1. The smallest absolute Gasteiger partial charge is 0.0580 e. The number of aromatic nitrogens is 1. The van der Waals surface area contributed by atoms with Crippen molar-refractivity contribution in [2.45, 2.75) is 5.33 Å². The maximum Gasteiger partial charge on any atom is 0.0580 e. The molecule has 0 amide bonds. The fourth-order valence-electron chi connectivity index (χ4n) is 1.45. The number of hydrogen-bond donors (Lipinski definition) is 1. The summed E-state index contributed by atoms with van der Waals surface area (Å²) < 4.78 is 0. The van der Waals surface area contributed by atoms with Crippen LogP contribution in [0.15, 0.2) is 42.6 Å². The van der Waals surface area contributed by atoms with Crippen molar-refractivity contribution in [2.24, 2.45) is 0 Å². The summed E-state index contributed by atoms with van der Waals surface area (Å²) in [4.78, 5) is 4.21. The molecule has 1 heterocycles. The molecule has 0 saturated heterocycles. The minimum atomic E-state index is 0.714. The Morgan fingerprint density at radius 2 is 1.93 bits per heavy atom. The highest BCUT2D eigenvalue weighted by molar-refractivity contribution is 9.08. The summed E-state index contributed by atoms with van der Waals surface area (Å²) in [6.45, 7) is 0. The number of benzene rings is 1. The van der Waals surface area contributed by atoms with Crippen LogP contribution >= 0.6 is 15.9 Å². The van der Waals surface area contributed by atoms with Crippen molar-refractivity contribution in [2.75, 3.05) is 5.73 Å². The molecule has 0 unspecified atom stereocenters. The summed E-state index contributed by atoms with van der Waals surface area (Å²) in [6, 6.07) is 12.1. The van der Waals surface area contributed by atoms with Crippen molar-refractivity contribution in [3.05, 3.63) is 48.3 Å². The van der Waals surface area contributed by atoms with Gasteiger partial charge < -0.3 is 5.73 Å². The third-order valence-corrected chi connectivity index (χ3v) is 2.79. The van der Waals surface area contributed by atoms with Gasteiger partial charge in [-0.1, -0.05) is 46.3 Å². The molecule has 3 heteroatoms. The van der Waals surface area contributed by atoms with Crippen molar-refractivity contribution < 1.29 is 0 Å². The van der Waals surface area contributed by atoms with Gasteiger partial charge in [0.05, 0.1) is 17.6 Å². The van der Waals surface area contributed by atoms with Gasteiger partial charge in [0.2, 0.25) is 0 Å². The molecule has 1 aromatic heterocycles. The van der Waals surface area contributed by atoms with E-state index in [1.807, 2.05) is 36.4 Å². The van der Waals surface area contributed by atoms with Gasteiger partial charge in [0.25, 0.3) is 0 Å². The van der Waals surface area contributed by atoms with Gasteiger partial charge in [0.1, 0.15) is 0 Å². The molecule has 2 N–H and O–H groups in total. The first kappa shape index (κ1) is 10.2. The van der Waals surface area contributed by atoms with Gasteiger partial charge in [0, 0.05) is 10.9 Å². The minimum Gasteiger partial charge on any atom is -0.397 e. The molecule has 0 radical (unpaired) electrons. The lowest BCUT2D eigenvalue weighted by Gasteiger charge is -2.06. The molecule has 0 fully saturated rings. The van der Waals surface area contributed by atoms with E-state index in [4.69, 9.17) is 5.73 Å². The second-order valence-electron chi connectivity index (χ2n) is 3.26. The Labute approximate surface area is 97.3 Å². The topological polar surface area (TPSA) is 38.9 Å². The molecule has 0 aliphatic rings. The van der Waals surface area contributed by atoms with E-state index < -0.39 is 0 Å². The SMILES string of the molecule is Nc1cnc(CBr)cc1-c1ccccc1. The molecule has 0 saturated carbocycles. The van der Waals surface area contributed by atoms with Crippen molar-refractivity contribution in [1.29, 1.82) is 0 Å². The summed E-state index contributed by atoms with van der Waals surface area (Å²) in [5.74, 6) is 0. The van der Waals surface area contributed by atoms with Crippen LogP contribution in [0.1, 0.15) is 5.69 Å². The number of hydrogen-bond acceptors (Lipinski definition) is 2. The Balaban J connectivity index is 2.52. The highest BCUT2D eigenvalue weighted by Crippen LogP contribution is 2.25. The van der Waals surface area contributed by atoms with Gasteiger partial charge in [-0.05, 0) is 11.6 Å². The second-order valence-corrected chi connectivity index (χ2v) is 3.82. The minimum absolute atomic E-state index is 0.714. The predicted octanol–water partition coefficient (Wildman–Crippen LogP) is 3.23. The Bertz CT molecular complexity index is 454. The van der Waals surface area contributed by atoms with E-state index in [0.29, 0.717) is 5.69 Å². The molecule has 15 heavy (non-hydrogen) atoms. The molecular formula is C12H11BrN2. The molecule has 0 aliphatic heterocycles. The zero-order chi connectivity index (χ0) is 10.7. The lowest BCUT2D eigenvalue weighted by atomic mass is 10.0. The Morgan fingerprint density at radius 3 is 2.60 bits per heavy atom. The summed E-state index contributed by atoms with van der Waals surface area (Å²) in [7, 11) is 0. The van der Waals surface area contributed by atoms with Crippen LogP contribution in [0.25, 0.3) is 11.1 Å². The van der Waals surface area contributed by atoms with Gasteiger partial charge in [0.15, 0.2) is 0 Å². The maximum absolute atomic E-state index is 5.90. The molecule has 2 aromatic rings. The standard InChI is InChI=1S/C12H11BrN2/c13-7-10-6-11(12(14)8-15-10)9-4-2-1-3-5-9/h1-6,8H,7,14H2. The van der Waals surface area contributed by atoms with Crippen molar-refractivity contribution in [3.63, 3.8) is 0 Å². The molecule has 0 spiro atoms. The number of nitrogen functional groups attached to an aromatic ring is 1. The molecule has 0 bridgehead atoms. The molecule has 2 nitrogen and oxygen atoms in total. The first-order valence-electron chi connectivity index (χ1n) is 4.67. The van der Waals surface area contributed by atoms with E-state index in [2.05, 4.69) is 20.9 Å². The van der Waals surface area contributed by atoms with E-state index >= 15 is 0 Å². The Morgan fingerprint density at radius 1 is 1.20 bits per heavy atom.